The van der Waals surface area contributed by atoms with Crippen LogP contribution in [0, 0.1) is 6.92 Å². The van der Waals surface area contributed by atoms with E-state index in [0.717, 1.165) is 25.2 Å². The molecule has 5 rings (SSSR count). The van der Waals surface area contributed by atoms with Crippen LogP contribution in [0.15, 0.2) is 36.7 Å². The molecule has 2 atom stereocenters. The minimum atomic E-state index is -2.18. The summed E-state index contributed by atoms with van der Waals surface area (Å²) in [5.74, 6) is 0.909. The molecule has 0 saturated carbocycles. The van der Waals surface area contributed by atoms with E-state index in [-0.39, 0.29) is 6.03 Å². The van der Waals surface area contributed by atoms with Gasteiger partial charge in [-0.05, 0) is 6.42 Å². The number of carbonyl (C=O) groups is 1. The van der Waals surface area contributed by atoms with Crippen LogP contribution in [0.3, 0.4) is 0 Å². The number of hydrogen-bond donors (Lipinski definition) is 2. The van der Waals surface area contributed by atoms with Crippen molar-refractivity contribution in [2.24, 2.45) is 0 Å². The summed E-state index contributed by atoms with van der Waals surface area (Å²) >= 11 is -2.18. The molecule has 2 saturated heterocycles. The number of fused-ring (bicyclic) bond motifs is 1. The average Bonchev–Trinajstić information content (AvgIpc) is 3.53. The van der Waals surface area contributed by atoms with Crippen LogP contribution in [-0.4, -0.2) is 74.8 Å². The molecule has 2 aliphatic heterocycles. The summed E-state index contributed by atoms with van der Waals surface area (Å²) in [7, 11) is 0. The Morgan fingerprint density at radius 1 is 1.18 bits per heavy atom. The van der Waals surface area contributed by atoms with Gasteiger partial charge in [0.15, 0.2) is 0 Å². The molecule has 0 spiro atoms. The molecule has 3 aromatic rings. The van der Waals surface area contributed by atoms with Crippen LogP contribution >= 0.6 is 0 Å². The van der Waals surface area contributed by atoms with Crippen molar-refractivity contribution < 1.29 is 9.90 Å². The van der Waals surface area contributed by atoms with Gasteiger partial charge in [0.25, 0.3) is 0 Å². The summed E-state index contributed by atoms with van der Waals surface area (Å²) in [4.78, 5) is 29.0. The standard InChI is InChI=1S/C22H25N6O2.3CH3.Sn/c1-15-5-2-3-6-17(15)19-7-4-10-27(19)20-9-12-28-21(25-20)18(13-23-28)24-22(30)26-11-8-16(29)14-26;;;;/h2,5-6,9,12-13,16,19,29H,4,7-8,10-11,14H2,1H3,(H,24,30);3*1H3;/t16-,19+;;;;/m0..../s1. The molecule has 2 aromatic heterocycles. The second-order valence-corrected chi connectivity index (χ2v) is 25.1. The number of likely N-dealkylation sites (tertiary alicyclic amines) is 1. The number of aliphatic hydroxyl groups is 1. The Kier molecular flexibility index (Phi) is 6.22. The zero-order valence-corrected chi connectivity index (χ0v) is 23.3. The molecule has 0 radical (unpaired) electrons. The quantitative estimate of drug-likeness (QED) is 0.470. The summed E-state index contributed by atoms with van der Waals surface area (Å²) in [5, 5.41) is 17.1. The maximum atomic E-state index is 12.7. The topological polar surface area (TPSA) is 86.0 Å². The first-order valence-electron chi connectivity index (χ1n) is 12.2. The van der Waals surface area contributed by atoms with Gasteiger partial charge in [-0.2, -0.15) is 0 Å². The van der Waals surface area contributed by atoms with Crippen LogP contribution in [0.1, 0.15) is 36.4 Å². The van der Waals surface area contributed by atoms with E-state index in [1.807, 2.05) is 12.3 Å². The third-order valence-electron chi connectivity index (χ3n) is 7.10. The van der Waals surface area contributed by atoms with E-state index < -0.39 is 24.5 Å². The van der Waals surface area contributed by atoms with E-state index in [4.69, 9.17) is 4.98 Å². The third kappa shape index (κ3) is 4.49. The van der Waals surface area contributed by atoms with Gasteiger partial charge in [-0.15, -0.1) is 0 Å². The van der Waals surface area contributed by atoms with E-state index >= 15 is 0 Å². The second-order valence-electron chi connectivity index (χ2n) is 10.6. The number of aliphatic hydroxyl groups excluding tert-OH is 1. The summed E-state index contributed by atoms with van der Waals surface area (Å²) in [5.41, 5.74) is 3.97. The molecule has 1 aromatic carbocycles. The van der Waals surface area contributed by atoms with Gasteiger partial charge in [0.05, 0.1) is 6.10 Å². The third-order valence-corrected chi connectivity index (χ3v) is 12.9. The predicted molar refractivity (Wildman–Crippen MR) is 138 cm³/mol. The Morgan fingerprint density at radius 3 is 2.74 bits per heavy atom. The van der Waals surface area contributed by atoms with Gasteiger partial charge in [-0.25, -0.2) is 0 Å². The number of β-amino-alcohol motifs (C(OH)–C–C–N with tert-alkyl or cyclic N) is 1. The number of aryl methyl sites for hydroxylation is 1. The van der Waals surface area contributed by atoms with Gasteiger partial charge < -0.3 is 5.11 Å². The average molecular weight is 569 g/mol. The number of hydrogen-bond acceptors (Lipinski definition) is 5. The van der Waals surface area contributed by atoms with Gasteiger partial charge in [-0.3, -0.25) is 0 Å². The molecule has 8 nitrogen and oxygen atoms in total. The van der Waals surface area contributed by atoms with E-state index in [1.165, 1.54) is 11.1 Å². The van der Waals surface area contributed by atoms with Crippen molar-refractivity contribution in [3.8, 4) is 0 Å². The van der Waals surface area contributed by atoms with Crippen molar-refractivity contribution in [3.63, 3.8) is 0 Å². The molecular weight excluding hydrogens is 535 g/mol. The van der Waals surface area contributed by atoms with Crippen molar-refractivity contribution in [1.82, 2.24) is 19.5 Å². The number of nitrogens with zero attached hydrogens (tertiary/aromatic N) is 5. The van der Waals surface area contributed by atoms with Crippen molar-refractivity contribution in [1.29, 1.82) is 0 Å². The fourth-order valence-electron chi connectivity index (χ4n) is 5.06. The van der Waals surface area contributed by atoms with Crippen molar-refractivity contribution in [3.05, 3.63) is 47.8 Å². The number of carbonyl (C=O) groups excluding carboxylic acids is 1. The first-order valence-corrected chi connectivity index (χ1v) is 22.2. The normalized spacial score (nSPS) is 21.0. The van der Waals surface area contributed by atoms with Gasteiger partial charge >= 0.3 is 175 Å². The molecule has 2 amide bonds. The Hall–Kier alpha value is -2.33. The van der Waals surface area contributed by atoms with Crippen molar-refractivity contribution in [2.75, 3.05) is 29.9 Å². The number of rotatable bonds is 4. The molecule has 9 heteroatoms. The van der Waals surface area contributed by atoms with Gasteiger partial charge in [-0.1, -0.05) is 0 Å². The SMILES string of the molecule is Cc1cc[c]([Sn]([CH3])([CH3])[CH3])cc1[C@H]1CCCN1c1ccn2ncc(NC(=O)N3CC[C@H](O)C3)c2n1. The van der Waals surface area contributed by atoms with Crippen LogP contribution in [0.2, 0.25) is 14.8 Å². The van der Waals surface area contributed by atoms with Crippen LogP contribution in [0.4, 0.5) is 16.3 Å². The summed E-state index contributed by atoms with van der Waals surface area (Å²) in [6.45, 7) is 4.08. The molecule has 180 valence electrons. The van der Waals surface area contributed by atoms with Crippen LogP contribution in [0.5, 0.6) is 0 Å². The number of aromatic nitrogens is 3. The maximum absolute atomic E-state index is 12.7. The molecule has 34 heavy (non-hydrogen) atoms. The van der Waals surface area contributed by atoms with Crippen LogP contribution in [-0.2, 0) is 0 Å². The first kappa shape index (κ1) is 23.4. The van der Waals surface area contributed by atoms with Gasteiger partial charge in [0.1, 0.15) is 0 Å². The zero-order valence-electron chi connectivity index (χ0n) is 20.5. The Bertz CT molecular complexity index is 1220. The Morgan fingerprint density at radius 2 is 2.00 bits per heavy atom. The van der Waals surface area contributed by atoms with Crippen LogP contribution < -0.4 is 13.8 Å². The predicted octanol–water partition coefficient (Wildman–Crippen LogP) is 3.52. The number of benzene rings is 1. The van der Waals surface area contributed by atoms with E-state index in [9.17, 15) is 9.90 Å². The second kappa shape index (κ2) is 9.03. The molecule has 2 N–H and O–H groups in total. The molecule has 0 aliphatic carbocycles. The Balaban J connectivity index is 1.44. The first-order chi connectivity index (χ1) is 16.2. The fourth-order valence-corrected chi connectivity index (χ4v) is 8.40. The fraction of sp³-hybridized carbons (Fsp3) is 0.480. The molecule has 0 bridgehead atoms. The summed E-state index contributed by atoms with van der Waals surface area (Å²) in [6, 6.07) is 9.18. The van der Waals surface area contributed by atoms with E-state index in [2.05, 4.69) is 55.3 Å². The number of anilines is 2. The monoisotopic (exact) mass is 570 g/mol. The van der Waals surface area contributed by atoms with Crippen LogP contribution in [0.25, 0.3) is 5.65 Å². The van der Waals surface area contributed by atoms with E-state index in [0.29, 0.717) is 36.9 Å². The number of amides is 2. The van der Waals surface area contributed by atoms with Crippen molar-refractivity contribution >= 4 is 45.1 Å². The number of nitrogens with one attached hydrogen (secondary N) is 1. The molecule has 2 fully saturated rings. The Labute approximate surface area is 204 Å². The van der Waals surface area contributed by atoms with E-state index in [1.54, 1.807) is 19.2 Å². The minimum absolute atomic E-state index is 0.223. The molecule has 4 heterocycles. The molecule has 0 unspecified atom stereocenters. The molecule has 2 aliphatic rings. The van der Waals surface area contributed by atoms with Gasteiger partial charge in [0, 0.05) is 13.1 Å². The summed E-state index contributed by atoms with van der Waals surface area (Å²) < 4.78 is 3.25. The van der Waals surface area contributed by atoms with Gasteiger partial charge in [0.2, 0.25) is 0 Å². The van der Waals surface area contributed by atoms with Crippen molar-refractivity contribution in [2.45, 2.75) is 53.2 Å². The summed E-state index contributed by atoms with van der Waals surface area (Å²) in [6.07, 6.45) is 5.95. The zero-order chi connectivity index (χ0) is 24.0. The number of urea groups is 1. The molecular formula is C25H34N6O2Sn.